The van der Waals surface area contributed by atoms with Crippen LogP contribution in [-0.4, -0.2) is 21.8 Å². The molecule has 2 amide bonds. The molecule has 19 heavy (non-hydrogen) atoms. The molecule has 6 heteroatoms. The Kier molecular flexibility index (Phi) is 4.66. The van der Waals surface area contributed by atoms with Gasteiger partial charge in [-0.15, -0.1) is 0 Å². The number of aliphatic hydroxyl groups is 1. The molecule has 4 N–H and O–H groups in total. The third kappa shape index (κ3) is 4.61. The summed E-state index contributed by atoms with van der Waals surface area (Å²) in [5, 5.41) is 24.6. The van der Waals surface area contributed by atoms with Crippen molar-refractivity contribution in [2.24, 2.45) is 0 Å². The van der Waals surface area contributed by atoms with Crippen molar-refractivity contribution in [2.45, 2.75) is 39.3 Å². The summed E-state index contributed by atoms with van der Waals surface area (Å²) in [5.41, 5.74) is 0.303. The topological polar surface area (TPSA) is 81.6 Å². The zero-order valence-corrected chi connectivity index (χ0v) is 12.2. The third-order valence-corrected chi connectivity index (χ3v) is 2.58. The zero-order valence-electron chi connectivity index (χ0n) is 11.4. The summed E-state index contributed by atoms with van der Waals surface area (Å²) >= 11 is 5.85. The normalized spacial score (nSPS) is 12.9. The van der Waals surface area contributed by atoms with Crippen LogP contribution in [0, 0.1) is 0 Å². The predicted octanol–water partition coefficient (Wildman–Crippen LogP) is 3.02. The molecule has 0 bridgehead atoms. The molecule has 1 atom stereocenters. The number of anilines is 1. The van der Waals surface area contributed by atoms with E-state index in [1.165, 1.54) is 19.1 Å². The van der Waals surface area contributed by atoms with E-state index in [4.69, 9.17) is 11.6 Å². The molecule has 0 aromatic heterocycles. The molecular weight excluding hydrogens is 268 g/mol. The number of halogens is 1. The lowest BCUT2D eigenvalue weighted by molar-refractivity contribution is 0.195. The van der Waals surface area contributed by atoms with E-state index in [0.29, 0.717) is 5.69 Å². The molecule has 5 nitrogen and oxygen atoms in total. The molecule has 0 aliphatic rings. The molecule has 0 saturated carbocycles. The highest BCUT2D eigenvalue weighted by atomic mass is 35.5. The van der Waals surface area contributed by atoms with Crippen LogP contribution in [0.3, 0.4) is 0 Å². The van der Waals surface area contributed by atoms with E-state index < -0.39 is 6.10 Å². The molecule has 0 aliphatic carbocycles. The van der Waals surface area contributed by atoms with Gasteiger partial charge in [-0.25, -0.2) is 4.79 Å². The van der Waals surface area contributed by atoms with Gasteiger partial charge >= 0.3 is 6.03 Å². The maximum absolute atomic E-state index is 11.7. The molecule has 1 aromatic rings. The molecule has 1 aromatic carbocycles. The fourth-order valence-electron chi connectivity index (χ4n) is 1.51. The van der Waals surface area contributed by atoms with E-state index in [9.17, 15) is 15.0 Å². The summed E-state index contributed by atoms with van der Waals surface area (Å²) in [6.07, 6.45) is -0.884. The number of nitrogens with one attached hydrogen (secondary N) is 2. The second-order valence-corrected chi connectivity index (χ2v) is 5.81. The number of hydrogen-bond acceptors (Lipinski definition) is 3. The van der Waals surface area contributed by atoms with E-state index >= 15 is 0 Å². The number of aliphatic hydroxyl groups excluding tert-OH is 1. The van der Waals surface area contributed by atoms with E-state index in [1.54, 1.807) is 0 Å². The van der Waals surface area contributed by atoms with Crippen LogP contribution in [0.2, 0.25) is 5.02 Å². The highest BCUT2D eigenvalue weighted by molar-refractivity contribution is 6.32. The van der Waals surface area contributed by atoms with Crippen LogP contribution in [-0.2, 0) is 0 Å². The van der Waals surface area contributed by atoms with Crippen molar-refractivity contribution in [3.05, 3.63) is 22.7 Å². The molecule has 0 heterocycles. The quantitative estimate of drug-likeness (QED) is 0.631. The van der Waals surface area contributed by atoms with Crippen LogP contribution in [0.5, 0.6) is 5.75 Å². The van der Waals surface area contributed by atoms with Gasteiger partial charge in [-0.2, -0.15) is 0 Å². The second kappa shape index (κ2) is 5.67. The van der Waals surface area contributed by atoms with Gasteiger partial charge in [0, 0.05) is 16.8 Å². The van der Waals surface area contributed by atoms with Crippen LogP contribution in [0.4, 0.5) is 10.5 Å². The van der Waals surface area contributed by atoms with Crippen LogP contribution in [0.15, 0.2) is 12.1 Å². The average molecular weight is 287 g/mol. The first-order valence-corrected chi connectivity index (χ1v) is 6.27. The SMILES string of the molecule is CC(O)c1cc(NC(=O)NC(C)(C)C)cc(Cl)c1O. The maximum atomic E-state index is 11.7. The Bertz CT molecular complexity index is 482. The lowest BCUT2D eigenvalue weighted by Crippen LogP contribution is -2.43. The second-order valence-electron chi connectivity index (χ2n) is 5.40. The minimum Gasteiger partial charge on any atom is -0.506 e. The number of phenolic OH excluding ortho intramolecular Hbond substituents is 1. The minimum atomic E-state index is -0.884. The summed E-state index contributed by atoms with van der Waals surface area (Å²) in [5.74, 6) is -0.182. The monoisotopic (exact) mass is 286 g/mol. The standard InChI is InChI=1S/C13H19ClN2O3/c1-7(17)9-5-8(6-10(14)11(9)18)15-12(19)16-13(2,3)4/h5-7,17-18H,1-4H3,(H2,15,16,19). The number of urea groups is 1. The first kappa shape index (κ1) is 15.6. The molecule has 0 saturated heterocycles. The van der Waals surface area contributed by atoms with Crippen molar-refractivity contribution < 1.29 is 15.0 Å². The first-order valence-electron chi connectivity index (χ1n) is 5.90. The van der Waals surface area contributed by atoms with Gasteiger partial charge in [0.25, 0.3) is 0 Å². The minimum absolute atomic E-state index is 0.0736. The summed E-state index contributed by atoms with van der Waals surface area (Å²) in [4.78, 5) is 11.7. The van der Waals surface area contributed by atoms with Crippen LogP contribution in [0.1, 0.15) is 39.4 Å². The maximum Gasteiger partial charge on any atom is 0.319 e. The summed E-state index contributed by atoms with van der Waals surface area (Å²) in [7, 11) is 0. The number of benzene rings is 1. The van der Waals surface area contributed by atoms with Crippen molar-refractivity contribution in [2.75, 3.05) is 5.32 Å². The number of amides is 2. The van der Waals surface area contributed by atoms with E-state index in [-0.39, 0.29) is 27.9 Å². The van der Waals surface area contributed by atoms with E-state index in [2.05, 4.69) is 10.6 Å². The molecular formula is C13H19ClN2O3. The number of carbonyl (C=O) groups excluding carboxylic acids is 1. The number of aromatic hydroxyl groups is 1. The Morgan fingerprint density at radius 2 is 1.95 bits per heavy atom. The molecule has 0 radical (unpaired) electrons. The fraction of sp³-hybridized carbons (Fsp3) is 0.462. The largest absolute Gasteiger partial charge is 0.506 e. The third-order valence-electron chi connectivity index (χ3n) is 2.29. The number of rotatable bonds is 2. The summed E-state index contributed by atoms with van der Waals surface area (Å²) < 4.78 is 0. The van der Waals surface area contributed by atoms with Gasteiger partial charge in [0.05, 0.1) is 11.1 Å². The molecule has 0 aliphatic heterocycles. The van der Waals surface area contributed by atoms with Crippen LogP contribution >= 0.6 is 11.6 Å². The molecule has 0 fully saturated rings. The number of phenols is 1. The smallest absolute Gasteiger partial charge is 0.319 e. The Morgan fingerprint density at radius 3 is 2.42 bits per heavy atom. The van der Waals surface area contributed by atoms with Gasteiger partial charge < -0.3 is 20.8 Å². The highest BCUT2D eigenvalue weighted by Gasteiger charge is 2.16. The van der Waals surface area contributed by atoms with Crippen molar-refractivity contribution in [3.8, 4) is 5.75 Å². The van der Waals surface area contributed by atoms with Crippen molar-refractivity contribution >= 4 is 23.3 Å². The number of hydrogen-bond donors (Lipinski definition) is 4. The molecule has 1 unspecified atom stereocenters. The predicted molar refractivity (Wildman–Crippen MR) is 75.7 cm³/mol. The van der Waals surface area contributed by atoms with Gasteiger partial charge in [-0.1, -0.05) is 11.6 Å². The van der Waals surface area contributed by atoms with Crippen LogP contribution in [0.25, 0.3) is 0 Å². The highest BCUT2D eigenvalue weighted by Crippen LogP contribution is 2.34. The Labute approximate surface area is 117 Å². The Hall–Kier alpha value is -1.46. The fourth-order valence-corrected chi connectivity index (χ4v) is 1.74. The summed E-state index contributed by atoms with van der Waals surface area (Å²) in [6.45, 7) is 7.08. The lowest BCUT2D eigenvalue weighted by Gasteiger charge is -2.21. The Morgan fingerprint density at radius 1 is 1.37 bits per heavy atom. The van der Waals surface area contributed by atoms with Crippen LogP contribution < -0.4 is 10.6 Å². The van der Waals surface area contributed by atoms with Crippen molar-refractivity contribution in [1.82, 2.24) is 5.32 Å². The van der Waals surface area contributed by atoms with Gasteiger partial charge in [0.2, 0.25) is 0 Å². The van der Waals surface area contributed by atoms with Gasteiger partial charge in [0.1, 0.15) is 5.75 Å². The molecule has 1 rings (SSSR count). The van der Waals surface area contributed by atoms with Gasteiger partial charge in [-0.05, 0) is 39.8 Å². The van der Waals surface area contributed by atoms with E-state index in [1.807, 2.05) is 20.8 Å². The number of carbonyl (C=O) groups is 1. The first-order chi connectivity index (χ1) is 8.60. The zero-order chi connectivity index (χ0) is 14.8. The van der Waals surface area contributed by atoms with Gasteiger partial charge in [-0.3, -0.25) is 0 Å². The Balaban J connectivity index is 2.94. The molecule has 106 valence electrons. The van der Waals surface area contributed by atoms with Crippen molar-refractivity contribution in [1.29, 1.82) is 0 Å². The lowest BCUT2D eigenvalue weighted by atomic mass is 10.1. The average Bonchev–Trinajstić information content (AvgIpc) is 2.19. The summed E-state index contributed by atoms with van der Waals surface area (Å²) in [6, 6.07) is 2.52. The van der Waals surface area contributed by atoms with Crippen molar-refractivity contribution in [3.63, 3.8) is 0 Å². The van der Waals surface area contributed by atoms with E-state index in [0.717, 1.165) is 0 Å². The van der Waals surface area contributed by atoms with Gasteiger partial charge in [0.15, 0.2) is 0 Å². The molecule has 0 spiro atoms.